The Morgan fingerprint density at radius 2 is 2.00 bits per heavy atom. The fraction of sp³-hybridized carbons (Fsp3) is 0.150. The molecule has 0 aromatic heterocycles. The second kappa shape index (κ2) is 8.05. The Labute approximate surface area is 161 Å². The number of benzene rings is 2. The number of aliphatic imine (C=N–C) groups is 1. The van der Waals surface area contributed by atoms with Gasteiger partial charge in [0.15, 0.2) is 17.2 Å². The van der Waals surface area contributed by atoms with Gasteiger partial charge in [0.2, 0.25) is 5.90 Å². The molecule has 1 aliphatic heterocycles. The maximum absolute atomic E-state index is 12.1. The van der Waals surface area contributed by atoms with Crippen LogP contribution in [0.1, 0.15) is 24.5 Å². The first-order chi connectivity index (χ1) is 13.0. The third-order valence-electron chi connectivity index (χ3n) is 3.70. The minimum Gasteiger partial charge on any atom is -0.493 e. The lowest BCUT2D eigenvalue weighted by atomic mass is 10.1. The number of hydrogen-bond acceptors (Lipinski definition) is 6. The van der Waals surface area contributed by atoms with Gasteiger partial charge in [-0.15, -0.1) is 0 Å². The third kappa shape index (κ3) is 4.17. The normalized spacial score (nSPS) is 14.7. The molecule has 0 fully saturated rings. The number of methoxy groups -OCH3 is 1. The number of ether oxygens (including phenoxy) is 3. The van der Waals surface area contributed by atoms with E-state index in [1.165, 1.54) is 13.2 Å². The van der Waals surface area contributed by atoms with Crippen LogP contribution in [-0.2, 0) is 14.3 Å². The summed E-state index contributed by atoms with van der Waals surface area (Å²) in [6, 6.07) is 12.3. The van der Waals surface area contributed by atoms with Crippen LogP contribution in [0.15, 0.2) is 53.2 Å². The summed E-state index contributed by atoms with van der Waals surface area (Å²) in [4.78, 5) is 27.9. The number of halogens is 1. The van der Waals surface area contributed by atoms with Gasteiger partial charge in [-0.05, 0) is 35.9 Å². The summed E-state index contributed by atoms with van der Waals surface area (Å²) in [6.07, 6.45) is 1.73. The van der Waals surface area contributed by atoms with Crippen molar-refractivity contribution < 1.29 is 23.8 Å². The van der Waals surface area contributed by atoms with E-state index in [1.54, 1.807) is 31.2 Å². The van der Waals surface area contributed by atoms with E-state index >= 15 is 0 Å². The van der Waals surface area contributed by atoms with Crippen molar-refractivity contribution in [3.05, 3.63) is 64.3 Å². The van der Waals surface area contributed by atoms with Gasteiger partial charge in [-0.1, -0.05) is 36.7 Å². The predicted molar refractivity (Wildman–Crippen MR) is 101 cm³/mol. The molecule has 138 valence electrons. The molecule has 0 N–H and O–H groups in total. The van der Waals surface area contributed by atoms with E-state index in [0.717, 1.165) is 0 Å². The van der Waals surface area contributed by atoms with Gasteiger partial charge in [-0.25, -0.2) is 9.79 Å². The van der Waals surface area contributed by atoms with E-state index in [9.17, 15) is 9.59 Å². The largest absolute Gasteiger partial charge is 0.493 e. The van der Waals surface area contributed by atoms with E-state index in [-0.39, 0.29) is 34.5 Å². The highest BCUT2D eigenvalue weighted by Crippen LogP contribution is 2.37. The zero-order valence-corrected chi connectivity index (χ0v) is 15.4. The van der Waals surface area contributed by atoms with Gasteiger partial charge in [0.05, 0.1) is 12.1 Å². The highest BCUT2D eigenvalue weighted by molar-refractivity contribution is 6.32. The van der Waals surface area contributed by atoms with Crippen molar-refractivity contribution >= 4 is 35.5 Å². The molecule has 0 radical (unpaired) electrons. The number of carbonyl (C=O) groups is 2. The molecule has 2 aromatic rings. The second-order valence-electron chi connectivity index (χ2n) is 5.56. The minimum absolute atomic E-state index is 0.130. The Balaban J connectivity index is 1.95. The number of nitrogens with zero attached hydrogens (tertiary/aromatic N) is 1. The summed E-state index contributed by atoms with van der Waals surface area (Å²) in [5.74, 6) is -0.355. The zero-order chi connectivity index (χ0) is 19.4. The fourth-order valence-corrected chi connectivity index (χ4v) is 2.64. The molecule has 0 atom stereocenters. The van der Waals surface area contributed by atoms with Gasteiger partial charge in [-0.3, -0.25) is 4.79 Å². The molecule has 7 heteroatoms. The molecule has 0 bridgehead atoms. The standard InChI is InChI=1S/C20H16ClNO5/c1-3-17(23)26-18-14(21)9-12(11-16(18)25-2)10-15-20(24)27-19(22-15)13-7-5-4-6-8-13/h4-11H,3H2,1-2H3. The van der Waals surface area contributed by atoms with Crippen molar-refractivity contribution in [2.24, 2.45) is 4.99 Å². The van der Waals surface area contributed by atoms with Gasteiger partial charge in [0, 0.05) is 12.0 Å². The zero-order valence-electron chi connectivity index (χ0n) is 14.7. The monoisotopic (exact) mass is 385 g/mol. The third-order valence-corrected chi connectivity index (χ3v) is 3.98. The van der Waals surface area contributed by atoms with E-state index in [1.807, 2.05) is 18.2 Å². The quantitative estimate of drug-likeness (QED) is 0.441. The van der Waals surface area contributed by atoms with Crippen LogP contribution in [-0.4, -0.2) is 24.9 Å². The molecule has 2 aromatic carbocycles. The Bertz CT molecular complexity index is 950. The van der Waals surface area contributed by atoms with Crippen LogP contribution in [0.3, 0.4) is 0 Å². The van der Waals surface area contributed by atoms with Crippen molar-refractivity contribution in [2.45, 2.75) is 13.3 Å². The molecule has 0 aliphatic carbocycles. The van der Waals surface area contributed by atoms with E-state index in [4.69, 9.17) is 25.8 Å². The van der Waals surface area contributed by atoms with Gasteiger partial charge in [0.1, 0.15) is 0 Å². The van der Waals surface area contributed by atoms with Gasteiger partial charge < -0.3 is 14.2 Å². The summed E-state index contributed by atoms with van der Waals surface area (Å²) < 4.78 is 15.7. The molecule has 1 aliphatic rings. The SMILES string of the molecule is CCC(=O)Oc1c(Cl)cc(C=C2N=C(c3ccccc3)OC2=O)cc1OC. The van der Waals surface area contributed by atoms with Crippen molar-refractivity contribution in [2.75, 3.05) is 7.11 Å². The molecular weight excluding hydrogens is 370 g/mol. The van der Waals surface area contributed by atoms with Crippen molar-refractivity contribution in [1.29, 1.82) is 0 Å². The van der Waals surface area contributed by atoms with Crippen molar-refractivity contribution in [1.82, 2.24) is 0 Å². The Morgan fingerprint density at radius 1 is 1.26 bits per heavy atom. The maximum Gasteiger partial charge on any atom is 0.363 e. The molecule has 0 unspecified atom stereocenters. The first kappa shape index (κ1) is 18.7. The van der Waals surface area contributed by atoms with Gasteiger partial charge in [-0.2, -0.15) is 0 Å². The number of esters is 2. The van der Waals surface area contributed by atoms with Crippen molar-refractivity contribution in [3.63, 3.8) is 0 Å². The topological polar surface area (TPSA) is 74.2 Å². The van der Waals surface area contributed by atoms with Crippen LogP contribution < -0.4 is 9.47 Å². The Morgan fingerprint density at radius 3 is 2.67 bits per heavy atom. The van der Waals surface area contributed by atoms with Crippen LogP contribution >= 0.6 is 11.6 Å². The van der Waals surface area contributed by atoms with E-state index in [0.29, 0.717) is 11.1 Å². The highest BCUT2D eigenvalue weighted by atomic mass is 35.5. The molecule has 6 nitrogen and oxygen atoms in total. The van der Waals surface area contributed by atoms with Crippen LogP contribution in [0.2, 0.25) is 5.02 Å². The number of hydrogen-bond donors (Lipinski definition) is 0. The maximum atomic E-state index is 12.1. The highest BCUT2D eigenvalue weighted by Gasteiger charge is 2.24. The summed E-state index contributed by atoms with van der Waals surface area (Å²) in [6.45, 7) is 1.68. The molecule has 27 heavy (non-hydrogen) atoms. The molecule has 3 rings (SSSR count). The first-order valence-corrected chi connectivity index (χ1v) is 8.55. The molecule has 0 saturated carbocycles. The lowest BCUT2D eigenvalue weighted by Gasteiger charge is -2.11. The molecule has 1 heterocycles. The number of rotatable bonds is 5. The smallest absolute Gasteiger partial charge is 0.363 e. The van der Waals surface area contributed by atoms with Crippen LogP contribution in [0.5, 0.6) is 11.5 Å². The number of cyclic esters (lactones) is 1. The molecule has 0 amide bonds. The van der Waals surface area contributed by atoms with Crippen LogP contribution in [0.25, 0.3) is 6.08 Å². The van der Waals surface area contributed by atoms with Gasteiger partial charge in [0.25, 0.3) is 0 Å². The molecule has 0 saturated heterocycles. The first-order valence-electron chi connectivity index (χ1n) is 8.18. The second-order valence-corrected chi connectivity index (χ2v) is 5.97. The summed E-state index contributed by atoms with van der Waals surface area (Å²) >= 11 is 6.22. The average molecular weight is 386 g/mol. The Kier molecular flexibility index (Phi) is 5.57. The number of carbonyl (C=O) groups excluding carboxylic acids is 2. The van der Waals surface area contributed by atoms with E-state index < -0.39 is 11.9 Å². The van der Waals surface area contributed by atoms with E-state index in [2.05, 4.69) is 4.99 Å². The lowest BCUT2D eigenvalue weighted by Crippen LogP contribution is -2.07. The summed E-state index contributed by atoms with van der Waals surface area (Å²) in [5.41, 5.74) is 1.38. The molecular formula is C20H16ClNO5. The Hall–Kier alpha value is -3.12. The van der Waals surface area contributed by atoms with Crippen LogP contribution in [0.4, 0.5) is 0 Å². The minimum atomic E-state index is -0.564. The van der Waals surface area contributed by atoms with Crippen LogP contribution in [0, 0.1) is 0 Å². The van der Waals surface area contributed by atoms with Crippen molar-refractivity contribution in [3.8, 4) is 11.5 Å². The fourth-order valence-electron chi connectivity index (χ4n) is 2.38. The average Bonchev–Trinajstić information content (AvgIpc) is 3.04. The molecule has 0 spiro atoms. The van der Waals surface area contributed by atoms with Gasteiger partial charge >= 0.3 is 11.9 Å². The summed E-state index contributed by atoms with van der Waals surface area (Å²) in [5, 5.41) is 0.182. The lowest BCUT2D eigenvalue weighted by molar-refractivity contribution is -0.134. The predicted octanol–water partition coefficient (Wildman–Crippen LogP) is 4.01. The summed E-state index contributed by atoms with van der Waals surface area (Å²) in [7, 11) is 1.43.